The second-order valence-electron chi connectivity index (χ2n) is 8.31. The van der Waals surface area contributed by atoms with Crippen molar-refractivity contribution in [2.75, 3.05) is 45.9 Å². The SMILES string of the molecule is O=C(OCCc1ccc(SC(F)(F)F)cc1)N1CC(N2CCN(C(=O)c3ccccc3)CC2)C1. The second-order valence-corrected chi connectivity index (χ2v) is 9.45. The van der Waals surface area contributed by atoms with Crippen LogP contribution in [-0.4, -0.2) is 84.1 Å². The first-order chi connectivity index (χ1) is 16.3. The molecule has 0 aliphatic carbocycles. The zero-order valence-electron chi connectivity index (χ0n) is 18.5. The highest BCUT2D eigenvalue weighted by atomic mass is 32.2. The van der Waals surface area contributed by atoms with Crippen LogP contribution < -0.4 is 0 Å². The van der Waals surface area contributed by atoms with Crippen molar-refractivity contribution >= 4 is 23.8 Å². The fourth-order valence-electron chi connectivity index (χ4n) is 4.09. The zero-order chi connectivity index (χ0) is 24.1. The van der Waals surface area contributed by atoms with E-state index in [1.807, 2.05) is 35.2 Å². The van der Waals surface area contributed by atoms with Crippen molar-refractivity contribution in [1.82, 2.24) is 14.7 Å². The summed E-state index contributed by atoms with van der Waals surface area (Å²) >= 11 is -0.150. The lowest BCUT2D eigenvalue weighted by Gasteiger charge is -2.47. The van der Waals surface area contributed by atoms with Crippen LogP contribution in [0.4, 0.5) is 18.0 Å². The minimum atomic E-state index is -4.31. The molecule has 0 spiro atoms. The van der Waals surface area contributed by atoms with E-state index < -0.39 is 5.51 Å². The number of nitrogens with zero attached hydrogens (tertiary/aromatic N) is 3. The number of benzene rings is 2. The first-order valence-electron chi connectivity index (χ1n) is 11.1. The average Bonchev–Trinajstić information content (AvgIpc) is 2.79. The Bertz CT molecular complexity index is 974. The van der Waals surface area contributed by atoms with Crippen molar-refractivity contribution in [3.8, 4) is 0 Å². The van der Waals surface area contributed by atoms with Crippen LogP contribution in [0.5, 0.6) is 0 Å². The Morgan fingerprint density at radius 3 is 2.18 bits per heavy atom. The molecule has 10 heteroatoms. The van der Waals surface area contributed by atoms with Crippen LogP contribution in [0.1, 0.15) is 15.9 Å². The molecular formula is C24H26F3N3O3S. The van der Waals surface area contributed by atoms with Crippen molar-refractivity contribution in [3.05, 3.63) is 65.7 Å². The molecule has 0 unspecified atom stereocenters. The van der Waals surface area contributed by atoms with Gasteiger partial charge in [0.25, 0.3) is 5.91 Å². The highest BCUT2D eigenvalue weighted by molar-refractivity contribution is 8.00. The van der Waals surface area contributed by atoms with Gasteiger partial charge in [-0.25, -0.2) is 4.79 Å². The summed E-state index contributed by atoms with van der Waals surface area (Å²) in [6.07, 6.45) is 0.0653. The predicted octanol–water partition coefficient (Wildman–Crippen LogP) is 4.12. The third kappa shape index (κ3) is 6.44. The van der Waals surface area contributed by atoms with Gasteiger partial charge in [-0.3, -0.25) is 9.69 Å². The third-order valence-corrected chi connectivity index (χ3v) is 6.77. The Morgan fingerprint density at radius 1 is 0.912 bits per heavy atom. The van der Waals surface area contributed by atoms with E-state index in [9.17, 15) is 22.8 Å². The largest absolute Gasteiger partial charge is 0.449 e. The number of amides is 2. The van der Waals surface area contributed by atoms with E-state index in [4.69, 9.17) is 4.74 Å². The highest BCUT2D eigenvalue weighted by Crippen LogP contribution is 2.36. The van der Waals surface area contributed by atoms with Crippen molar-refractivity contribution in [3.63, 3.8) is 0 Å². The summed E-state index contributed by atoms with van der Waals surface area (Å²) in [6, 6.07) is 15.6. The van der Waals surface area contributed by atoms with Gasteiger partial charge in [0.05, 0.1) is 6.61 Å². The van der Waals surface area contributed by atoms with Gasteiger partial charge in [0, 0.05) is 62.2 Å². The molecule has 2 heterocycles. The number of hydrogen-bond acceptors (Lipinski definition) is 5. The smallest absolute Gasteiger partial charge is 0.446 e. The first kappa shape index (κ1) is 24.4. The number of piperazine rings is 1. The molecule has 0 aromatic heterocycles. The van der Waals surface area contributed by atoms with E-state index in [2.05, 4.69) is 4.90 Å². The Kier molecular flexibility index (Phi) is 7.67. The number of hydrogen-bond donors (Lipinski definition) is 0. The number of halogens is 3. The van der Waals surface area contributed by atoms with E-state index in [1.54, 1.807) is 17.0 Å². The van der Waals surface area contributed by atoms with Crippen molar-refractivity contribution < 1.29 is 27.5 Å². The zero-order valence-corrected chi connectivity index (χ0v) is 19.4. The molecule has 2 aromatic rings. The number of rotatable bonds is 6. The van der Waals surface area contributed by atoms with Crippen molar-refractivity contribution in [2.24, 2.45) is 0 Å². The summed E-state index contributed by atoms with van der Waals surface area (Å²) in [4.78, 5) is 30.8. The molecule has 2 aliphatic rings. The molecule has 0 radical (unpaired) electrons. The summed E-state index contributed by atoms with van der Waals surface area (Å²) in [5.41, 5.74) is -2.80. The number of likely N-dealkylation sites (tertiary alicyclic amines) is 1. The number of thioether (sulfide) groups is 1. The molecular weight excluding hydrogens is 467 g/mol. The van der Waals surface area contributed by atoms with E-state index >= 15 is 0 Å². The summed E-state index contributed by atoms with van der Waals surface area (Å²) in [7, 11) is 0. The number of carbonyl (C=O) groups excluding carboxylic acids is 2. The fourth-order valence-corrected chi connectivity index (χ4v) is 4.63. The van der Waals surface area contributed by atoms with Crippen LogP contribution in [0.3, 0.4) is 0 Å². The standard InChI is InChI=1S/C24H26F3N3O3S/c25-24(26,27)34-21-8-6-18(7-9-21)10-15-33-23(32)30-16-20(17-30)28-11-13-29(14-12-28)22(31)19-4-2-1-3-5-19/h1-9,20H,10-17H2. The quantitative estimate of drug-likeness (QED) is 0.567. The molecule has 4 rings (SSSR count). The summed E-state index contributed by atoms with van der Waals surface area (Å²) < 4.78 is 42.5. The lowest BCUT2D eigenvalue weighted by molar-refractivity contribution is -0.0328. The van der Waals surface area contributed by atoms with Gasteiger partial charge >= 0.3 is 11.6 Å². The Hall–Kier alpha value is -2.72. The topological polar surface area (TPSA) is 53.1 Å². The minimum absolute atomic E-state index is 0.0489. The van der Waals surface area contributed by atoms with Gasteiger partial charge in [-0.15, -0.1) is 0 Å². The maximum atomic E-state index is 12.6. The molecule has 6 nitrogen and oxygen atoms in total. The summed E-state index contributed by atoms with van der Waals surface area (Å²) in [5.74, 6) is 0.0489. The maximum Gasteiger partial charge on any atom is 0.446 e. The van der Waals surface area contributed by atoms with Crippen LogP contribution in [0, 0.1) is 0 Å². The predicted molar refractivity (Wildman–Crippen MR) is 123 cm³/mol. The average molecular weight is 494 g/mol. The Morgan fingerprint density at radius 2 is 1.56 bits per heavy atom. The molecule has 34 heavy (non-hydrogen) atoms. The van der Waals surface area contributed by atoms with E-state index in [-0.39, 0.29) is 41.3 Å². The first-order valence-corrected chi connectivity index (χ1v) is 11.9. The van der Waals surface area contributed by atoms with E-state index in [0.29, 0.717) is 38.2 Å². The van der Waals surface area contributed by atoms with Gasteiger partial charge in [0.1, 0.15) is 0 Å². The summed E-state index contributed by atoms with van der Waals surface area (Å²) in [6.45, 7) is 4.23. The lowest BCUT2D eigenvalue weighted by Crippen LogP contribution is -2.64. The van der Waals surface area contributed by atoms with Gasteiger partial charge in [-0.2, -0.15) is 13.2 Å². The summed E-state index contributed by atoms with van der Waals surface area (Å²) in [5, 5.41) is 0. The van der Waals surface area contributed by atoms with Gasteiger partial charge in [-0.05, 0) is 41.6 Å². The second kappa shape index (κ2) is 10.7. The molecule has 2 saturated heterocycles. The van der Waals surface area contributed by atoms with Crippen molar-refractivity contribution in [2.45, 2.75) is 22.9 Å². The van der Waals surface area contributed by atoms with Gasteiger partial charge in [-0.1, -0.05) is 30.3 Å². The fraction of sp³-hybridized carbons (Fsp3) is 0.417. The van der Waals surface area contributed by atoms with Crippen LogP contribution in [-0.2, 0) is 11.2 Å². The molecule has 0 N–H and O–H groups in total. The van der Waals surface area contributed by atoms with E-state index in [0.717, 1.165) is 18.7 Å². The van der Waals surface area contributed by atoms with Crippen LogP contribution in [0.15, 0.2) is 59.5 Å². The molecule has 2 amide bonds. The normalized spacial score (nSPS) is 17.4. The van der Waals surface area contributed by atoms with Gasteiger partial charge in [0.15, 0.2) is 0 Å². The van der Waals surface area contributed by atoms with Gasteiger partial charge < -0.3 is 14.5 Å². The Balaban J connectivity index is 1.13. The van der Waals surface area contributed by atoms with E-state index in [1.165, 1.54) is 12.1 Å². The monoisotopic (exact) mass is 493 g/mol. The minimum Gasteiger partial charge on any atom is -0.449 e. The Labute approximate surface area is 200 Å². The third-order valence-electron chi connectivity index (χ3n) is 6.03. The number of alkyl halides is 3. The molecule has 182 valence electrons. The molecule has 2 fully saturated rings. The molecule has 2 aliphatic heterocycles. The van der Waals surface area contributed by atoms with Crippen LogP contribution in [0.25, 0.3) is 0 Å². The van der Waals surface area contributed by atoms with Gasteiger partial charge in [0.2, 0.25) is 0 Å². The van der Waals surface area contributed by atoms with Crippen molar-refractivity contribution in [1.29, 1.82) is 0 Å². The molecule has 0 atom stereocenters. The maximum absolute atomic E-state index is 12.6. The van der Waals surface area contributed by atoms with Crippen LogP contribution in [0.2, 0.25) is 0 Å². The number of carbonyl (C=O) groups is 2. The molecule has 2 aromatic carbocycles. The molecule has 0 bridgehead atoms. The van der Waals surface area contributed by atoms with Crippen LogP contribution >= 0.6 is 11.8 Å². The lowest BCUT2D eigenvalue weighted by atomic mass is 10.1. The number of ether oxygens (including phenoxy) is 1. The highest BCUT2D eigenvalue weighted by Gasteiger charge is 2.37. The molecule has 0 saturated carbocycles.